The zero-order chi connectivity index (χ0) is 15.4. The van der Waals surface area contributed by atoms with E-state index >= 15 is 0 Å². The Hall–Kier alpha value is -1.37. The van der Waals surface area contributed by atoms with Gasteiger partial charge in [0, 0.05) is 35.4 Å². The van der Waals surface area contributed by atoms with E-state index in [4.69, 9.17) is 0 Å². The van der Waals surface area contributed by atoms with Gasteiger partial charge in [0.1, 0.15) is 5.82 Å². The highest BCUT2D eigenvalue weighted by atomic mass is 32.2. The number of H-pyrrole nitrogens is 1. The molecule has 1 aliphatic rings. The van der Waals surface area contributed by atoms with E-state index in [1.165, 1.54) is 17.8 Å². The molecule has 1 aliphatic carbocycles. The normalized spacial score (nSPS) is 21.9. The van der Waals surface area contributed by atoms with Crippen LogP contribution < -0.4 is 9.44 Å². The second-order valence-corrected chi connectivity index (χ2v) is 6.54. The average molecular weight is 320 g/mol. The molecular weight excluding hydrogens is 299 g/mol. The summed E-state index contributed by atoms with van der Waals surface area (Å²) < 4.78 is 19.8. The maximum atomic E-state index is 13.3. The molecule has 2 aromatic rings. The van der Waals surface area contributed by atoms with Gasteiger partial charge in [0.15, 0.2) is 0 Å². The first-order valence-corrected chi connectivity index (χ1v) is 8.47. The summed E-state index contributed by atoms with van der Waals surface area (Å²) in [6.07, 6.45) is 4.61. The summed E-state index contributed by atoms with van der Waals surface area (Å²) in [5.41, 5.74) is 2.81. The van der Waals surface area contributed by atoms with Crippen molar-refractivity contribution in [1.82, 2.24) is 19.6 Å². The number of aromatic amines is 1. The van der Waals surface area contributed by atoms with E-state index in [-0.39, 0.29) is 5.82 Å². The molecule has 118 valence electrons. The lowest BCUT2D eigenvalue weighted by Gasteiger charge is -2.27. The molecule has 0 spiro atoms. The van der Waals surface area contributed by atoms with Crippen LogP contribution in [0.1, 0.15) is 37.3 Å². The molecule has 1 aromatic carbocycles. The third-order valence-corrected chi connectivity index (χ3v) is 4.87. The van der Waals surface area contributed by atoms with Crippen LogP contribution in [0.3, 0.4) is 0 Å². The largest absolute Gasteiger partial charge is 0.282 e. The van der Waals surface area contributed by atoms with E-state index in [9.17, 15) is 4.39 Å². The predicted octanol–water partition coefficient (Wildman–Crippen LogP) is 3.61. The van der Waals surface area contributed by atoms with Crippen molar-refractivity contribution >= 4 is 12.1 Å². The average Bonchev–Trinajstić information content (AvgIpc) is 3.03. The fourth-order valence-corrected chi connectivity index (χ4v) is 3.53. The third kappa shape index (κ3) is 3.69. The maximum Gasteiger partial charge on any atom is 0.123 e. The van der Waals surface area contributed by atoms with Crippen molar-refractivity contribution in [1.29, 1.82) is 0 Å². The SMILES string of the molecule is CNSNC1CCC(c2cc(-c3cccc(F)c3)n[nH]2)CC1. The van der Waals surface area contributed by atoms with E-state index in [0.717, 1.165) is 36.9 Å². The van der Waals surface area contributed by atoms with Gasteiger partial charge in [0.25, 0.3) is 0 Å². The fourth-order valence-electron chi connectivity index (χ4n) is 3.01. The van der Waals surface area contributed by atoms with Crippen molar-refractivity contribution < 1.29 is 4.39 Å². The van der Waals surface area contributed by atoms with E-state index in [2.05, 4.69) is 25.7 Å². The molecule has 6 heteroatoms. The van der Waals surface area contributed by atoms with Crippen LogP contribution in [-0.4, -0.2) is 23.3 Å². The van der Waals surface area contributed by atoms with Gasteiger partial charge in [-0.1, -0.05) is 12.1 Å². The standard InChI is InChI=1S/C16H21FN4S/c1-18-22-21-14-7-5-11(6-8-14)15-10-16(20-19-15)12-3-2-4-13(17)9-12/h2-4,9-11,14,18,21H,5-8H2,1H3,(H,19,20). The first-order valence-electron chi connectivity index (χ1n) is 7.65. The minimum Gasteiger partial charge on any atom is -0.282 e. The van der Waals surface area contributed by atoms with Gasteiger partial charge in [-0.15, -0.1) is 0 Å². The molecule has 0 aliphatic heterocycles. The molecule has 4 nitrogen and oxygen atoms in total. The first kappa shape index (κ1) is 15.5. The van der Waals surface area contributed by atoms with Crippen LogP contribution in [0.2, 0.25) is 0 Å². The van der Waals surface area contributed by atoms with Gasteiger partial charge >= 0.3 is 0 Å². The van der Waals surface area contributed by atoms with Crippen molar-refractivity contribution in [3.05, 3.63) is 41.8 Å². The molecule has 0 bridgehead atoms. The van der Waals surface area contributed by atoms with Gasteiger partial charge in [-0.2, -0.15) is 5.10 Å². The summed E-state index contributed by atoms with van der Waals surface area (Å²) >= 11 is 1.56. The lowest BCUT2D eigenvalue weighted by molar-refractivity contribution is 0.376. The van der Waals surface area contributed by atoms with E-state index in [1.54, 1.807) is 18.2 Å². The summed E-state index contributed by atoms with van der Waals surface area (Å²) in [7, 11) is 1.92. The molecule has 0 amide bonds. The van der Waals surface area contributed by atoms with Crippen molar-refractivity contribution in [2.45, 2.75) is 37.6 Å². The zero-order valence-corrected chi connectivity index (χ0v) is 13.4. The zero-order valence-electron chi connectivity index (χ0n) is 12.6. The minimum atomic E-state index is -0.226. The Morgan fingerprint density at radius 3 is 2.77 bits per heavy atom. The van der Waals surface area contributed by atoms with Crippen molar-refractivity contribution in [3.63, 3.8) is 0 Å². The summed E-state index contributed by atoms with van der Waals surface area (Å²) in [5.74, 6) is 0.295. The highest BCUT2D eigenvalue weighted by molar-refractivity contribution is 7.95. The number of hydrogen-bond acceptors (Lipinski definition) is 4. The van der Waals surface area contributed by atoms with Crippen LogP contribution in [0.15, 0.2) is 30.3 Å². The van der Waals surface area contributed by atoms with Crippen molar-refractivity contribution in [3.8, 4) is 11.3 Å². The Morgan fingerprint density at radius 1 is 1.23 bits per heavy atom. The second kappa shape index (κ2) is 7.26. The van der Waals surface area contributed by atoms with Gasteiger partial charge in [-0.25, -0.2) is 9.11 Å². The molecule has 1 heterocycles. The number of aromatic nitrogens is 2. The molecule has 1 aromatic heterocycles. The van der Waals surface area contributed by atoms with Gasteiger partial charge < -0.3 is 0 Å². The lowest BCUT2D eigenvalue weighted by atomic mass is 9.84. The van der Waals surface area contributed by atoms with Crippen molar-refractivity contribution in [2.75, 3.05) is 7.05 Å². The maximum absolute atomic E-state index is 13.3. The van der Waals surface area contributed by atoms with Crippen molar-refractivity contribution in [2.24, 2.45) is 0 Å². The molecular formula is C16H21FN4S. The van der Waals surface area contributed by atoms with E-state index in [1.807, 2.05) is 13.1 Å². The number of benzene rings is 1. The number of rotatable bonds is 5. The van der Waals surface area contributed by atoms with Crippen LogP contribution in [0.4, 0.5) is 4.39 Å². The lowest BCUT2D eigenvalue weighted by Crippen LogP contribution is -2.29. The molecule has 3 N–H and O–H groups in total. The summed E-state index contributed by atoms with van der Waals surface area (Å²) in [4.78, 5) is 0. The topological polar surface area (TPSA) is 52.7 Å². The van der Waals surface area contributed by atoms with Gasteiger partial charge in [0.2, 0.25) is 0 Å². The third-order valence-electron chi connectivity index (χ3n) is 4.21. The minimum absolute atomic E-state index is 0.226. The number of hydrogen-bond donors (Lipinski definition) is 3. The summed E-state index contributed by atoms with van der Waals surface area (Å²) in [6.45, 7) is 0. The molecule has 0 radical (unpaired) electrons. The van der Waals surface area contributed by atoms with Crippen LogP contribution in [0.25, 0.3) is 11.3 Å². The number of nitrogens with zero attached hydrogens (tertiary/aromatic N) is 1. The summed E-state index contributed by atoms with van der Waals surface area (Å²) in [5, 5.41) is 7.49. The smallest absolute Gasteiger partial charge is 0.123 e. The van der Waals surface area contributed by atoms with Crippen LogP contribution in [-0.2, 0) is 0 Å². The van der Waals surface area contributed by atoms with Crippen LogP contribution >= 0.6 is 12.1 Å². The molecule has 1 saturated carbocycles. The van der Waals surface area contributed by atoms with Gasteiger partial charge in [0.05, 0.1) is 5.69 Å². The Balaban J connectivity index is 1.63. The Labute approximate surface area is 134 Å². The van der Waals surface area contributed by atoms with Crippen LogP contribution in [0, 0.1) is 5.82 Å². The quantitative estimate of drug-likeness (QED) is 0.737. The van der Waals surface area contributed by atoms with Gasteiger partial charge in [-0.3, -0.25) is 9.82 Å². The Kier molecular flexibility index (Phi) is 5.12. The van der Waals surface area contributed by atoms with Gasteiger partial charge in [-0.05, 0) is 50.9 Å². The monoisotopic (exact) mass is 320 g/mol. The predicted molar refractivity (Wildman–Crippen MR) is 88.8 cm³/mol. The van der Waals surface area contributed by atoms with E-state index < -0.39 is 0 Å². The van der Waals surface area contributed by atoms with Crippen LogP contribution in [0.5, 0.6) is 0 Å². The Bertz CT molecular complexity index is 608. The Morgan fingerprint density at radius 2 is 2.05 bits per heavy atom. The molecule has 22 heavy (non-hydrogen) atoms. The highest BCUT2D eigenvalue weighted by Crippen LogP contribution is 2.33. The van der Waals surface area contributed by atoms with E-state index in [0.29, 0.717) is 12.0 Å². The number of halogens is 1. The highest BCUT2D eigenvalue weighted by Gasteiger charge is 2.23. The molecule has 0 saturated heterocycles. The fraction of sp³-hybridized carbons (Fsp3) is 0.438. The molecule has 0 unspecified atom stereocenters. The number of nitrogens with one attached hydrogen (secondary N) is 3. The summed E-state index contributed by atoms with van der Waals surface area (Å²) in [6, 6.07) is 9.22. The molecule has 3 rings (SSSR count). The first-order chi connectivity index (χ1) is 10.8. The second-order valence-electron chi connectivity index (χ2n) is 5.69. The molecule has 1 fully saturated rings. The molecule has 0 atom stereocenters.